The minimum absolute atomic E-state index is 0.906. The van der Waals surface area contributed by atoms with Gasteiger partial charge in [0.25, 0.3) is 0 Å². The first-order chi connectivity index (χ1) is 16.2. The average molecular weight is 445 g/mol. The van der Waals surface area contributed by atoms with Crippen LogP contribution in [0.4, 0.5) is 0 Å². The van der Waals surface area contributed by atoms with Crippen LogP contribution < -0.4 is 0 Å². The zero-order valence-electron chi connectivity index (χ0n) is 21.8. The Bertz CT molecular complexity index is 804. The van der Waals surface area contributed by atoms with Crippen LogP contribution in [0.15, 0.2) is 54.6 Å². The third-order valence-corrected chi connectivity index (χ3v) is 8.02. The molecule has 1 atom stereocenters. The van der Waals surface area contributed by atoms with Gasteiger partial charge in [0.05, 0.1) is 0 Å². The third-order valence-electron chi connectivity index (χ3n) is 8.02. The summed E-state index contributed by atoms with van der Waals surface area (Å²) in [7, 11) is 0. The van der Waals surface area contributed by atoms with Gasteiger partial charge in [-0.15, -0.1) is 0 Å². The maximum absolute atomic E-state index is 2.53. The highest BCUT2D eigenvalue weighted by Gasteiger charge is 2.17. The van der Waals surface area contributed by atoms with Crippen molar-refractivity contribution < 1.29 is 0 Å². The molecule has 3 rings (SSSR count). The van der Waals surface area contributed by atoms with Crippen molar-refractivity contribution in [2.75, 3.05) is 0 Å². The molecule has 0 radical (unpaired) electrons. The monoisotopic (exact) mass is 444 g/mol. The van der Waals surface area contributed by atoms with E-state index in [1.54, 1.807) is 5.57 Å². The Morgan fingerprint density at radius 1 is 0.727 bits per heavy atom. The van der Waals surface area contributed by atoms with Crippen molar-refractivity contribution in [2.45, 2.75) is 111 Å². The van der Waals surface area contributed by atoms with Crippen LogP contribution in [0.3, 0.4) is 0 Å². The molecule has 0 spiro atoms. The SMILES string of the molecule is CCCCCCCCc1ccc(-c2ccc(C3=CCC(CCC(CC)CC)CC3)cc2)cc1. The standard InChI is InChI=1S/C33H48/c1-4-7-8-9-10-11-12-28-15-19-30(20-16-28)32-23-25-33(26-24-32)31-21-17-29(18-22-31)14-13-27(5-2)6-3/h15-16,19-21,23-27,29H,4-14,17-18,22H2,1-3H3. The van der Waals surface area contributed by atoms with E-state index in [-0.39, 0.29) is 0 Å². The highest BCUT2D eigenvalue weighted by Crippen LogP contribution is 2.34. The lowest BCUT2D eigenvalue weighted by Crippen LogP contribution is -2.08. The summed E-state index contributed by atoms with van der Waals surface area (Å²) in [4.78, 5) is 0. The zero-order valence-corrected chi connectivity index (χ0v) is 21.8. The molecule has 180 valence electrons. The fraction of sp³-hybridized carbons (Fsp3) is 0.576. The fourth-order valence-corrected chi connectivity index (χ4v) is 5.43. The molecule has 0 fully saturated rings. The number of aryl methyl sites for hydroxylation is 1. The first kappa shape index (κ1) is 25.8. The Labute approximate surface area is 204 Å². The van der Waals surface area contributed by atoms with E-state index in [1.165, 1.54) is 112 Å². The van der Waals surface area contributed by atoms with Crippen LogP contribution in [-0.2, 0) is 6.42 Å². The van der Waals surface area contributed by atoms with Gasteiger partial charge in [0.15, 0.2) is 0 Å². The van der Waals surface area contributed by atoms with Crippen LogP contribution in [0.5, 0.6) is 0 Å². The maximum atomic E-state index is 2.53. The smallest absolute Gasteiger partial charge is 0.0184 e. The number of hydrogen-bond donors (Lipinski definition) is 0. The normalized spacial score (nSPS) is 16.2. The van der Waals surface area contributed by atoms with Crippen molar-refractivity contribution in [3.63, 3.8) is 0 Å². The van der Waals surface area contributed by atoms with Crippen LogP contribution in [-0.4, -0.2) is 0 Å². The largest absolute Gasteiger partial charge is 0.0804 e. The molecule has 0 N–H and O–H groups in total. The summed E-state index contributed by atoms with van der Waals surface area (Å²) in [6.45, 7) is 6.98. The van der Waals surface area contributed by atoms with Crippen LogP contribution in [0.25, 0.3) is 16.7 Å². The first-order valence-corrected chi connectivity index (χ1v) is 14.1. The topological polar surface area (TPSA) is 0 Å². The molecule has 2 aromatic carbocycles. The number of unbranched alkanes of at least 4 members (excludes halogenated alkanes) is 5. The van der Waals surface area contributed by atoms with E-state index >= 15 is 0 Å². The molecular formula is C33H48. The molecule has 0 nitrogen and oxygen atoms in total. The lowest BCUT2D eigenvalue weighted by Gasteiger charge is -2.24. The molecule has 0 saturated heterocycles. The van der Waals surface area contributed by atoms with Crippen molar-refractivity contribution in [3.8, 4) is 11.1 Å². The van der Waals surface area contributed by atoms with Gasteiger partial charge in [-0.2, -0.15) is 0 Å². The van der Waals surface area contributed by atoms with Gasteiger partial charge in [-0.25, -0.2) is 0 Å². The van der Waals surface area contributed by atoms with Gasteiger partial charge < -0.3 is 0 Å². The Morgan fingerprint density at radius 3 is 1.94 bits per heavy atom. The number of rotatable bonds is 14. The van der Waals surface area contributed by atoms with Crippen molar-refractivity contribution >= 4 is 5.57 Å². The van der Waals surface area contributed by atoms with Gasteiger partial charge in [0.2, 0.25) is 0 Å². The lowest BCUT2D eigenvalue weighted by atomic mass is 9.82. The van der Waals surface area contributed by atoms with E-state index in [4.69, 9.17) is 0 Å². The third kappa shape index (κ3) is 8.47. The molecule has 1 unspecified atom stereocenters. The number of allylic oxidation sites excluding steroid dienone is 2. The van der Waals surface area contributed by atoms with Crippen LogP contribution in [0.2, 0.25) is 0 Å². The highest BCUT2D eigenvalue weighted by molar-refractivity contribution is 5.71. The molecule has 0 aromatic heterocycles. The summed E-state index contributed by atoms with van der Waals surface area (Å²) in [5.74, 6) is 1.84. The maximum Gasteiger partial charge on any atom is -0.0184 e. The molecule has 0 amide bonds. The van der Waals surface area contributed by atoms with E-state index < -0.39 is 0 Å². The van der Waals surface area contributed by atoms with Crippen molar-refractivity contribution in [1.82, 2.24) is 0 Å². The highest BCUT2D eigenvalue weighted by atomic mass is 14.2. The fourth-order valence-electron chi connectivity index (χ4n) is 5.43. The van der Waals surface area contributed by atoms with E-state index in [0.717, 1.165) is 11.8 Å². The minimum Gasteiger partial charge on any atom is -0.0804 e. The van der Waals surface area contributed by atoms with Gasteiger partial charge in [0, 0.05) is 0 Å². The van der Waals surface area contributed by atoms with Crippen molar-refractivity contribution in [1.29, 1.82) is 0 Å². The predicted octanol–water partition coefficient (Wildman–Crippen LogP) is 10.7. The van der Waals surface area contributed by atoms with Crippen LogP contribution >= 0.6 is 0 Å². The summed E-state index contributed by atoms with van der Waals surface area (Å²) >= 11 is 0. The van der Waals surface area contributed by atoms with Gasteiger partial charge >= 0.3 is 0 Å². The van der Waals surface area contributed by atoms with Crippen LogP contribution in [0.1, 0.15) is 115 Å². The van der Waals surface area contributed by atoms with Crippen molar-refractivity contribution in [3.05, 3.63) is 65.7 Å². The Morgan fingerprint density at radius 2 is 1.33 bits per heavy atom. The molecule has 1 aliphatic rings. The Balaban J connectivity index is 1.47. The number of benzene rings is 2. The van der Waals surface area contributed by atoms with E-state index in [2.05, 4.69) is 75.4 Å². The second-order valence-electron chi connectivity index (χ2n) is 10.4. The number of hydrogen-bond acceptors (Lipinski definition) is 0. The quantitative estimate of drug-likeness (QED) is 0.254. The van der Waals surface area contributed by atoms with Gasteiger partial charge in [-0.1, -0.05) is 127 Å². The van der Waals surface area contributed by atoms with Gasteiger partial charge in [-0.05, 0) is 78.2 Å². The molecular weight excluding hydrogens is 396 g/mol. The molecule has 33 heavy (non-hydrogen) atoms. The average Bonchev–Trinajstić information content (AvgIpc) is 2.88. The van der Waals surface area contributed by atoms with E-state index in [1.807, 2.05) is 0 Å². The molecule has 0 saturated carbocycles. The molecule has 0 heteroatoms. The molecule has 0 heterocycles. The lowest BCUT2D eigenvalue weighted by molar-refractivity contribution is 0.361. The summed E-state index contributed by atoms with van der Waals surface area (Å²) in [6, 6.07) is 18.6. The van der Waals surface area contributed by atoms with Gasteiger partial charge in [0.1, 0.15) is 0 Å². The Hall–Kier alpha value is -1.82. The van der Waals surface area contributed by atoms with Gasteiger partial charge in [-0.3, -0.25) is 0 Å². The summed E-state index contributed by atoms with van der Waals surface area (Å²) in [6.07, 6.45) is 21.4. The molecule has 0 bridgehead atoms. The minimum atomic E-state index is 0.906. The Kier molecular flexibility index (Phi) is 11.3. The predicted molar refractivity (Wildman–Crippen MR) is 148 cm³/mol. The second-order valence-corrected chi connectivity index (χ2v) is 10.4. The summed E-state index contributed by atoms with van der Waals surface area (Å²) in [5, 5.41) is 0. The summed E-state index contributed by atoms with van der Waals surface area (Å²) in [5.41, 5.74) is 7.15. The van der Waals surface area contributed by atoms with E-state index in [9.17, 15) is 0 Å². The molecule has 2 aromatic rings. The molecule has 0 aliphatic heterocycles. The first-order valence-electron chi connectivity index (χ1n) is 14.1. The van der Waals surface area contributed by atoms with Crippen molar-refractivity contribution in [2.24, 2.45) is 11.8 Å². The van der Waals surface area contributed by atoms with E-state index in [0.29, 0.717) is 0 Å². The van der Waals surface area contributed by atoms with Crippen LogP contribution in [0, 0.1) is 11.8 Å². The summed E-state index contributed by atoms with van der Waals surface area (Å²) < 4.78 is 0. The second kappa shape index (κ2) is 14.4. The molecule has 1 aliphatic carbocycles. The zero-order chi connectivity index (χ0) is 23.3.